The van der Waals surface area contributed by atoms with Gasteiger partial charge in [-0.25, -0.2) is 0 Å². The van der Waals surface area contributed by atoms with Gasteiger partial charge in [-0.3, -0.25) is 4.79 Å². The van der Waals surface area contributed by atoms with Gasteiger partial charge in [-0.05, 0) is 25.1 Å². The van der Waals surface area contributed by atoms with Crippen molar-refractivity contribution in [1.29, 1.82) is 5.26 Å². The second-order valence-electron chi connectivity index (χ2n) is 2.52. The van der Waals surface area contributed by atoms with Crippen LogP contribution in [0.5, 0.6) is 0 Å². The molecule has 0 amide bonds. The molecule has 0 saturated carbocycles. The maximum absolute atomic E-state index is 11.4. The zero-order valence-electron chi connectivity index (χ0n) is 7.32. The van der Waals surface area contributed by atoms with Crippen LogP contribution in [0, 0.1) is 11.3 Å². The molecule has 0 radical (unpaired) electrons. The summed E-state index contributed by atoms with van der Waals surface area (Å²) < 4.78 is 0. The predicted octanol–water partition coefficient (Wildman–Crippen LogP) is 2.32. The third kappa shape index (κ3) is 2.03. The van der Waals surface area contributed by atoms with E-state index >= 15 is 0 Å². The molecule has 0 saturated heterocycles. The molecule has 0 spiro atoms. The van der Waals surface area contributed by atoms with E-state index < -0.39 is 0 Å². The number of hydrogen-bond acceptors (Lipinski definition) is 2. The molecule has 0 aromatic heterocycles. The number of nitriles is 1. The van der Waals surface area contributed by atoms with Gasteiger partial charge in [0.2, 0.25) is 0 Å². The van der Waals surface area contributed by atoms with Crippen LogP contribution in [0.25, 0.3) is 0 Å². The lowest BCUT2D eigenvalue weighted by atomic mass is 10.0. The van der Waals surface area contributed by atoms with Gasteiger partial charge in [0.25, 0.3) is 0 Å². The number of benzene rings is 1. The Morgan fingerprint density at radius 3 is 2.77 bits per heavy atom. The van der Waals surface area contributed by atoms with Crippen LogP contribution in [0.3, 0.4) is 0 Å². The van der Waals surface area contributed by atoms with E-state index in [-0.39, 0.29) is 5.78 Å². The summed E-state index contributed by atoms with van der Waals surface area (Å²) in [6, 6.07) is 8.76. The summed E-state index contributed by atoms with van der Waals surface area (Å²) in [4.78, 5) is 11.4. The smallest absolute Gasteiger partial charge is 0.186 e. The zero-order chi connectivity index (χ0) is 9.68. The van der Waals surface area contributed by atoms with Gasteiger partial charge in [0.05, 0.1) is 11.6 Å². The molecule has 13 heavy (non-hydrogen) atoms. The second-order valence-corrected chi connectivity index (χ2v) is 2.52. The lowest BCUT2D eigenvalue weighted by molar-refractivity contribution is 0.104. The summed E-state index contributed by atoms with van der Waals surface area (Å²) in [5.74, 6) is -0.125. The number of nitrogens with zero attached hydrogens (tertiary/aromatic N) is 1. The Labute approximate surface area is 77.1 Å². The van der Waals surface area contributed by atoms with Crippen molar-refractivity contribution in [1.82, 2.24) is 0 Å². The molecule has 1 aromatic rings. The van der Waals surface area contributed by atoms with Crippen molar-refractivity contribution in [2.24, 2.45) is 0 Å². The molecule has 0 atom stereocenters. The van der Waals surface area contributed by atoms with Crippen molar-refractivity contribution in [3.8, 4) is 6.07 Å². The number of carbonyl (C=O) groups is 1. The molecular weight excluding hydrogens is 162 g/mol. The van der Waals surface area contributed by atoms with Gasteiger partial charge in [0.15, 0.2) is 5.78 Å². The highest BCUT2D eigenvalue weighted by molar-refractivity contribution is 6.06. The summed E-state index contributed by atoms with van der Waals surface area (Å²) in [7, 11) is 0. The van der Waals surface area contributed by atoms with Crippen molar-refractivity contribution in [3.05, 3.63) is 47.5 Å². The van der Waals surface area contributed by atoms with Gasteiger partial charge >= 0.3 is 0 Å². The Balaban J connectivity index is 3.15. The fourth-order valence-corrected chi connectivity index (χ4v) is 1.04. The molecule has 0 N–H and O–H groups in total. The highest BCUT2D eigenvalue weighted by Crippen LogP contribution is 2.08. The van der Waals surface area contributed by atoms with Gasteiger partial charge in [-0.15, -0.1) is 0 Å². The van der Waals surface area contributed by atoms with Gasteiger partial charge in [-0.2, -0.15) is 5.26 Å². The van der Waals surface area contributed by atoms with Gasteiger partial charge in [0, 0.05) is 5.56 Å². The number of hydrogen-bond donors (Lipinski definition) is 0. The average molecular weight is 171 g/mol. The minimum atomic E-state index is -0.125. The van der Waals surface area contributed by atoms with Crippen LogP contribution in [-0.4, -0.2) is 5.78 Å². The van der Waals surface area contributed by atoms with E-state index in [1.165, 1.54) is 6.08 Å². The first-order chi connectivity index (χ1) is 6.29. The average Bonchev–Trinajstić information content (AvgIpc) is 2.18. The maximum Gasteiger partial charge on any atom is 0.186 e. The van der Waals surface area contributed by atoms with Gasteiger partial charge in [0.1, 0.15) is 0 Å². The third-order valence-corrected chi connectivity index (χ3v) is 1.63. The summed E-state index contributed by atoms with van der Waals surface area (Å²) in [6.07, 6.45) is 3.12. The Hall–Kier alpha value is -1.88. The molecule has 2 heteroatoms. The highest BCUT2D eigenvalue weighted by Gasteiger charge is 2.05. The van der Waals surface area contributed by atoms with E-state index in [0.29, 0.717) is 11.1 Å². The van der Waals surface area contributed by atoms with Gasteiger partial charge < -0.3 is 0 Å². The normalized spacial score (nSPS) is 9.85. The standard InChI is InChI=1S/C11H9NO/c1-2-5-11(13)10-7-4-3-6-9(10)8-12/h2-7H,1H3/b5-2+. The Morgan fingerprint density at radius 1 is 1.46 bits per heavy atom. The molecular formula is C11H9NO. The lowest BCUT2D eigenvalue weighted by Gasteiger charge is -1.96. The number of ketones is 1. The van der Waals surface area contributed by atoms with Crippen LogP contribution >= 0.6 is 0 Å². The van der Waals surface area contributed by atoms with Crippen molar-refractivity contribution in [2.45, 2.75) is 6.92 Å². The summed E-state index contributed by atoms with van der Waals surface area (Å²) >= 11 is 0. The molecule has 0 aliphatic heterocycles. The van der Waals surface area contributed by atoms with Crippen LogP contribution in [0.2, 0.25) is 0 Å². The highest BCUT2D eigenvalue weighted by atomic mass is 16.1. The van der Waals surface area contributed by atoms with E-state index in [0.717, 1.165) is 0 Å². The zero-order valence-corrected chi connectivity index (χ0v) is 7.32. The van der Waals surface area contributed by atoms with Crippen molar-refractivity contribution in [3.63, 3.8) is 0 Å². The van der Waals surface area contributed by atoms with E-state index in [4.69, 9.17) is 5.26 Å². The van der Waals surface area contributed by atoms with E-state index in [1.54, 1.807) is 37.3 Å². The minimum absolute atomic E-state index is 0.125. The molecule has 0 aliphatic carbocycles. The first-order valence-corrected chi connectivity index (χ1v) is 3.95. The van der Waals surface area contributed by atoms with Crippen molar-refractivity contribution < 1.29 is 4.79 Å². The Kier molecular flexibility index (Phi) is 2.99. The van der Waals surface area contributed by atoms with E-state index in [2.05, 4.69) is 0 Å². The largest absolute Gasteiger partial charge is 0.289 e. The van der Waals surface area contributed by atoms with E-state index in [1.807, 2.05) is 6.07 Å². The van der Waals surface area contributed by atoms with Crippen LogP contribution in [0.15, 0.2) is 36.4 Å². The molecule has 0 bridgehead atoms. The van der Waals surface area contributed by atoms with Crippen molar-refractivity contribution >= 4 is 5.78 Å². The quantitative estimate of drug-likeness (QED) is 0.506. The molecule has 1 aromatic carbocycles. The third-order valence-electron chi connectivity index (χ3n) is 1.63. The fourth-order valence-electron chi connectivity index (χ4n) is 1.04. The summed E-state index contributed by atoms with van der Waals surface area (Å²) in [5.41, 5.74) is 0.883. The first-order valence-electron chi connectivity index (χ1n) is 3.95. The van der Waals surface area contributed by atoms with Crippen LogP contribution in [0.4, 0.5) is 0 Å². The number of allylic oxidation sites excluding steroid dienone is 2. The Morgan fingerprint density at radius 2 is 2.15 bits per heavy atom. The molecule has 0 heterocycles. The van der Waals surface area contributed by atoms with Crippen LogP contribution < -0.4 is 0 Å². The predicted molar refractivity (Wildman–Crippen MR) is 50.3 cm³/mol. The SMILES string of the molecule is C/C=C/C(=O)c1ccccc1C#N. The molecule has 1 rings (SSSR count). The van der Waals surface area contributed by atoms with Crippen LogP contribution in [-0.2, 0) is 0 Å². The van der Waals surface area contributed by atoms with E-state index in [9.17, 15) is 4.79 Å². The molecule has 0 aliphatic rings. The first kappa shape index (κ1) is 9.21. The van der Waals surface area contributed by atoms with Gasteiger partial charge in [-0.1, -0.05) is 18.2 Å². The minimum Gasteiger partial charge on any atom is -0.289 e. The number of rotatable bonds is 2. The molecule has 0 fully saturated rings. The second kappa shape index (κ2) is 4.22. The lowest BCUT2D eigenvalue weighted by Crippen LogP contribution is -1.97. The fraction of sp³-hybridized carbons (Fsp3) is 0.0909. The topological polar surface area (TPSA) is 40.9 Å². The Bertz CT molecular complexity index is 385. The van der Waals surface area contributed by atoms with Crippen molar-refractivity contribution in [2.75, 3.05) is 0 Å². The summed E-state index contributed by atoms with van der Waals surface area (Å²) in [6.45, 7) is 1.77. The monoisotopic (exact) mass is 171 g/mol. The maximum atomic E-state index is 11.4. The molecule has 64 valence electrons. The summed E-state index contributed by atoms with van der Waals surface area (Å²) in [5, 5.41) is 8.71. The van der Waals surface area contributed by atoms with Crippen LogP contribution in [0.1, 0.15) is 22.8 Å². The molecule has 0 unspecified atom stereocenters. The number of carbonyl (C=O) groups excluding carboxylic acids is 1. The molecule has 2 nitrogen and oxygen atoms in total.